The van der Waals surface area contributed by atoms with E-state index in [1.165, 1.54) is 0 Å². The molecule has 0 heterocycles. The lowest BCUT2D eigenvalue weighted by atomic mass is 10.1. The summed E-state index contributed by atoms with van der Waals surface area (Å²) < 4.78 is 16.2. The van der Waals surface area contributed by atoms with E-state index < -0.39 is 0 Å². The molecule has 1 N–H and O–H groups in total. The number of amides is 1. The number of nitrogens with one attached hydrogen (secondary N) is 1. The van der Waals surface area contributed by atoms with Crippen LogP contribution in [-0.2, 0) is 4.79 Å². The van der Waals surface area contributed by atoms with Gasteiger partial charge in [0.25, 0.3) is 5.91 Å². The van der Waals surface area contributed by atoms with Gasteiger partial charge in [-0.2, -0.15) is 0 Å². The van der Waals surface area contributed by atoms with Gasteiger partial charge in [-0.25, -0.2) is 0 Å². The summed E-state index contributed by atoms with van der Waals surface area (Å²) in [5.74, 6) is 7.66. The highest BCUT2D eigenvalue weighted by Gasteiger charge is 2.02. The zero-order valence-electron chi connectivity index (χ0n) is 15.6. The molecule has 0 atom stereocenters. The summed E-state index contributed by atoms with van der Waals surface area (Å²) in [7, 11) is 1.59. The van der Waals surface area contributed by atoms with Gasteiger partial charge in [-0.1, -0.05) is 48.2 Å². The molecule has 0 bridgehead atoms. The summed E-state index contributed by atoms with van der Waals surface area (Å²) in [5.41, 5.74) is 0. The molecule has 0 saturated carbocycles. The van der Waals surface area contributed by atoms with E-state index in [4.69, 9.17) is 14.2 Å². The van der Waals surface area contributed by atoms with E-state index in [-0.39, 0.29) is 25.7 Å². The largest absolute Gasteiger partial charge is 0.497 e. The molecule has 5 heteroatoms. The number of rotatable bonds is 7. The van der Waals surface area contributed by atoms with Gasteiger partial charge in [-0.15, -0.1) is 0 Å². The molecule has 0 unspecified atom stereocenters. The van der Waals surface area contributed by atoms with Gasteiger partial charge in [0, 0.05) is 5.39 Å². The minimum Gasteiger partial charge on any atom is -0.497 e. The summed E-state index contributed by atoms with van der Waals surface area (Å²) in [6.07, 6.45) is 0. The summed E-state index contributed by atoms with van der Waals surface area (Å²) in [4.78, 5) is 11.8. The van der Waals surface area contributed by atoms with Crippen molar-refractivity contribution in [2.45, 2.75) is 0 Å². The van der Waals surface area contributed by atoms with Crippen molar-refractivity contribution in [1.29, 1.82) is 0 Å². The first-order valence-electron chi connectivity index (χ1n) is 8.86. The number of benzene rings is 3. The van der Waals surface area contributed by atoms with E-state index in [0.717, 1.165) is 22.3 Å². The number of ether oxygens (including phenoxy) is 3. The topological polar surface area (TPSA) is 56.8 Å². The van der Waals surface area contributed by atoms with E-state index in [1.54, 1.807) is 31.4 Å². The maximum atomic E-state index is 11.8. The monoisotopic (exact) mass is 375 g/mol. The lowest BCUT2D eigenvalue weighted by Gasteiger charge is -2.07. The van der Waals surface area contributed by atoms with Crippen molar-refractivity contribution in [1.82, 2.24) is 5.32 Å². The maximum Gasteiger partial charge on any atom is 0.258 e. The number of hydrogen-bond acceptors (Lipinski definition) is 4. The molecule has 0 aliphatic rings. The summed E-state index contributed by atoms with van der Waals surface area (Å²) >= 11 is 0. The van der Waals surface area contributed by atoms with Gasteiger partial charge in [0.2, 0.25) is 0 Å². The smallest absolute Gasteiger partial charge is 0.258 e. The van der Waals surface area contributed by atoms with Crippen LogP contribution >= 0.6 is 0 Å². The number of methoxy groups -OCH3 is 1. The quantitative estimate of drug-likeness (QED) is 0.643. The van der Waals surface area contributed by atoms with Gasteiger partial charge >= 0.3 is 0 Å². The second-order valence-corrected chi connectivity index (χ2v) is 5.86. The van der Waals surface area contributed by atoms with Gasteiger partial charge in [0.1, 0.15) is 23.9 Å². The van der Waals surface area contributed by atoms with Crippen LogP contribution in [0, 0.1) is 11.8 Å². The number of carbonyl (C=O) groups is 1. The van der Waals surface area contributed by atoms with Crippen LogP contribution in [0.5, 0.6) is 17.2 Å². The molecule has 142 valence electrons. The van der Waals surface area contributed by atoms with Gasteiger partial charge in [0.05, 0.1) is 13.7 Å². The van der Waals surface area contributed by atoms with Gasteiger partial charge in [0.15, 0.2) is 6.61 Å². The van der Waals surface area contributed by atoms with Crippen molar-refractivity contribution in [2.75, 3.05) is 26.9 Å². The molecular weight excluding hydrogens is 354 g/mol. The van der Waals surface area contributed by atoms with E-state index in [2.05, 4.69) is 17.2 Å². The van der Waals surface area contributed by atoms with Crippen LogP contribution in [0.15, 0.2) is 66.7 Å². The average Bonchev–Trinajstić information content (AvgIpc) is 2.75. The molecule has 3 rings (SSSR count). The van der Waals surface area contributed by atoms with Gasteiger partial charge in [-0.3, -0.25) is 4.79 Å². The molecule has 0 saturated heterocycles. The van der Waals surface area contributed by atoms with E-state index >= 15 is 0 Å². The van der Waals surface area contributed by atoms with Crippen LogP contribution in [0.2, 0.25) is 0 Å². The van der Waals surface area contributed by atoms with Gasteiger partial charge in [-0.05, 0) is 35.7 Å². The van der Waals surface area contributed by atoms with E-state index in [0.29, 0.717) is 5.75 Å². The Bertz CT molecular complexity index is 981. The molecule has 0 aromatic heterocycles. The Hall–Kier alpha value is -3.65. The molecule has 3 aromatic carbocycles. The third-order valence-corrected chi connectivity index (χ3v) is 3.98. The fourth-order valence-electron chi connectivity index (χ4n) is 2.56. The lowest BCUT2D eigenvalue weighted by molar-refractivity contribution is -0.122. The predicted molar refractivity (Wildman–Crippen MR) is 109 cm³/mol. The summed E-state index contributed by atoms with van der Waals surface area (Å²) in [6, 6.07) is 21.0. The second-order valence-electron chi connectivity index (χ2n) is 5.86. The molecule has 0 fully saturated rings. The molecule has 0 aliphatic carbocycles. The van der Waals surface area contributed by atoms with Crippen LogP contribution in [0.3, 0.4) is 0 Å². The molecule has 3 aromatic rings. The Morgan fingerprint density at radius 3 is 2.46 bits per heavy atom. The average molecular weight is 375 g/mol. The van der Waals surface area contributed by atoms with Crippen LogP contribution in [0.4, 0.5) is 0 Å². The lowest BCUT2D eigenvalue weighted by Crippen LogP contribution is -2.29. The molecule has 5 nitrogen and oxygen atoms in total. The Labute approximate surface area is 164 Å². The van der Waals surface area contributed by atoms with Crippen molar-refractivity contribution in [3.8, 4) is 29.1 Å². The van der Waals surface area contributed by atoms with Crippen molar-refractivity contribution >= 4 is 16.7 Å². The minimum absolute atomic E-state index is 0.0689. The van der Waals surface area contributed by atoms with Crippen molar-refractivity contribution in [3.63, 3.8) is 0 Å². The van der Waals surface area contributed by atoms with Crippen LogP contribution < -0.4 is 19.5 Å². The van der Waals surface area contributed by atoms with Crippen molar-refractivity contribution < 1.29 is 19.0 Å². The molecule has 0 spiro atoms. The molecule has 1 amide bonds. The number of hydrogen-bond donors (Lipinski definition) is 1. The molecule has 0 aliphatic heterocycles. The fourth-order valence-corrected chi connectivity index (χ4v) is 2.56. The van der Waals surface area contributed by atoms with Crippen molar-refractivity contribution in [2.24, 2.45) is 0 Å². The molecule has 0 radical (unpaired) electrons. The Kier molecular flexibility index (Phi) is 6.75. The van der Waals surface area contributed by atoms with Crippen LogP contribution in [-0.4, -0.2) is 32.8 Å². The minimum atomic E-state index is -0.236. The first-order chi connectivity index (χ1) is 13.8. The standard InChI is InChI=1S/C23H21NO4/c1-26-19-11-13-20(14-12-19)28-17-23(25)24-15-4-5-16-27-22-10-6-8-18-7-2-3-9-21(18)22/h2-3,6-14H,15-17H2,1H3,(H,24,25). The fraction of sp³-hybridized carbons (Fsp3) is 0.174. The molecular formula is C23H21NO4. The maximum absolute atomic E-state index is 11.8. The molecule has 28 heavy (non-hydrogen) atoms. The van der Waals surface area contributed by atoms with Crippen LogP contribution in [0.1, 0.15) is 0 Å². The first-order valence-corrected chi connectivity index (χ1v) is 8.86. The summed E-state index contributed by atoms with van der Waals surface area (Å²) in [6.45, 7) is 0.427. The highest BCUT2D eigenvalue weighted by molar-refractivity contribution is 5.88. The highest BCUT2D eigenvalue weighted by atomic mass is 16.5. The zero-order valence-corrected chi connectivity index (χ0v) is 15.6. The first kappa shape index (κ1) is 19.1. The normalized spacial score (nSPS) is 9.89. The Balaban J connectivity index is 1.38. The Morgan fingerprint density at radius 2 is 1.64 bits per heavy atom. The zero-order chi connectivity index (χ0) is 19.6. The Morgan fingerprint density at radius 1 is 0.893 bits per heavy atom. The summed E-state index contributed by atoms with van der Waals surface area (Å²) in [5, 5.41) is 4.86. The predicted octanol–water partition coefficient (Wildman–Crippen LogP) is 3.43. The number of fused-ring (bicyclic) bond motifs is 1. The van der Waals surface area contributed by atoms with Crippen LogP contribution in [0.25, 0.3) is 10.8 Å². The second kappa shape index (κ2) is 9.89. The van der Waals surface area contributed by atoms with E-state index in [1.807, 2.05) is 42.5 Å². The third-order valence-electron chi connectivity index (χ3n) is 3.98. The van der Waals surface area contributed by atoms with E-state index in [9.17, 15) is 4.79 Å². The highest BCUT2D eigenvalue weighted by Crippen LogP contribution is 2.24. The van der Waals surface area contributed by atoms with Crippen molar-refractivity contribution in [3.05, 3.63) is 66.7 Å². The number of carbonyl (C=O) groups excluding carboxylic acids is 1. The van der Waals surface area contributed by atoms with Gasteiger partial charge < -0.3 is 19.5 Å². The third kappa shape index (κ3) is 5.42. The SMILES string of the molecule is COc1ccc(OCC(=O)NCC#CCOc2cccc3ccccc23)cc1.